The maximum atomic E-state index is 6.06. The summed E-state index contributed by atoms with van der Waals surface area (Å²) >= 11 is 11.9. The lowest BCUT2D eigenvalue weighted by atomic mass is 10.3. The molecule has 0 aliphatic heterocycles. The molecule has 0 bridgehead atoms. The molecule has 88 valence electrons. The number of aromatic nitrogens is 1. The van der Waals surface area contributed by atoms with Crippen LogP contribution in [0.5, 0.6) is 0 Å². The van der Waals surface area contributed by atoms with Crippen LogP contribution < -0.4 is 5.32 Å². The van der Waals surface area contributed by atoms with Gasteiger partial charge in [-0.25, -0.2) is 0 Å². The lowest BCUT2D eigenvalue weighted by Crippen LogP contribution is -2.02. The largest absolute Gasteiger partial charge is 0.378 e. The number of hydrogen-bond donors (Lipinski definition) is 1. The molecule has 0 amide bonds. The summed E-state index contributed by atoms with van der Waals surface area (Å²) in [5.41, 5.74) is 2.85. The number of aryl methyl sites for hydroxylation is 1. The van der Waals surface area contributed by atoms with Crippen molar-refractivity contribution in [2.75, 3.05) is 5.32 Å². The first-order chi connectivity index (χ1) is 8.15. The average molecular weight is 267 g/mol. The normalized spacial score (nSPS) is 10.3. The van der Waals surface area contributed by atoms with Crippen molar-refractivity contribution >= 4 is 28.9 Å². The quantitative estimate of drug-likeness (QED) is 0.896. The van der Waals surface area contributed by atoms with Crippen molar-refractivity contribution in [2.24, 2.45) is 0 Å². The molecule has 0 fully saturated rings. The maximum Gasteiger partial charge on any atom is 0.0652 e. The number of pyridine rings is 1. The predicted octanol–water partition coefficient (Wildman–Crippen LogP) is 4.31. The molecule has 0 spiro atoms. The molecule has 0 aliphatic rings. The fourth-order valence-corrected chi connectivity index (χ4v) is 1.99. The molecule has 0 aliphatic carbocycles. The zero-order valence-corrected chi connectivity index (χ0v) is 10.9. The molecule has 17 heavy (non-hydrogen) atoms. The molecule has 2 nitrogen and oxygen atoms in total. The van der Waals surface area contributed by atoms with E-state index in [1.54, 1.807) is 12.1 Å². The summed E-state index contributed by atoms with van der Waals surface area (Å²) in [6.07, 6.45) is 0. The van der Waals surface area contributed by atoms with Gasteiger partial charge in [0.25, 0.3) is 0 Å². The minimum Gasteiger partial charge on any atom is -0.378 e. The Bertz CT molecular complexity index is 527. The van der Waals surface area contributed by atoms with Crippen molar-refractivity contribution in [3.05, 3.63) is 57.8 Å². The summed E-state index contributed by atoms with van der Waals surface area (Å²) in [6, 6.07) is 11.3. The number of nitrogens with one attached hydrogen (secondary N) is 1. The molecule has 0 saturated heterocycles. The van der Waals surface area contributed by atoms with Crippen LogP contribution in [-0.2, 0) is 6.54 Å². The Morgan fingerprint density at radius 2 is 2.00 bits per heavy atom. The number of nitrogens with zero attached hydrogens (tertiary/aromatic N) is 1. The standard InChI is InChI=1S/C13H12Cl2N2/c1-9-3-2-4-11(17-9)8-16-13-6-5-10(14)7-12(13)15/h2-7,16H,8H2,1H3. The van der Waals surface area contributed by atoms with E-state index < -0.39 is 0 Å². The van der Waals surface area contributed by atoms with Gasteiger partial charge in [-0.1, -0.05) is 29.3 Å². The second-order valence-corrected chi connectivity index (χ2v) is 4.59. The number of hydrogen-bond acceptors (Lipinski definition) is 2. The molecular formula is C13H12Cl2N2. The molecule has 1 aromatic carbocycles. The third-order valence-electron chi connectivity index (χ3n) is 2.34. The van der Waals surface area contributed by atoms with Gasteiger partial charge in [-0.2, -0.15) is 0 Å². The Morgan fingerprint density at radius 1 is 1.18 bits per heavy atom. The molecular weight excluding hydrogens is 255 g/mol. The summed E-state index contributed by atoms with van der Waals surface area (Å²) in [4.78, 5) is 4.40. The second kappa shape index (κ2) is 5.39. The molecule has 2 aromatic rings. The summed E-state index contributed by atoms with van der Waals surface area (Å²) < 4.78 is 0. The highest BCUT2D eigenvalue weighted by atomic mass is 35.5. The van der Waals surface area contributed by atoms with Gasteiger partial charge in [-0.05, 0) is 37.3 Å². The van der Waals surface area contributed by atoms with E-state index in [2.05, 4.69) is 10.3 Å². The Balaban J connectivity index is 2.07. The van der Waals surface area contributed by atoms with Crippen LogP contribution in [0.4, 0.5) is 5.69 Å². The summed E-state index contributed by atoms with van der Waals surface area (Å²) in [5, 5.41) is 4.48. The Labute approximate surface area is 111 Å². The van der Waals surface area contributed by atoms with Crippen LogP contribution in [0.15, 0.2) is 36.4 Å². The van der Waals surface area contributed by atoms with Crippen molar-refractivity contribution in [3.63, 3.8) is 0 Å². The molecule has 0 unspecified atom stereocenters. The van der Waals surface area contributed by atoms with Crippen LogP contribution in [-0.4, -0.2) is 4.98 Å². The van der Waals surface area contributed by atoms with Gasteiger partial charge in [0.1, 0.15) is 0 Å². The molecule has 2 rings (SSSR count). The van der Waals surface area contributed by atoms with Crippen molar-refractivity contribution in [3.8, 4) is 0 Å². The zero-order valence-electron chi connectivity index (χ0n) is 9.37. The van der Waals surface area contributed by atoms with E-state index in [4.69, 9.17) is 23.2 Å². The first-order valence-corrected chi connectivity index (χ1v) is 6.02. The molecule has 1 aromatic heterocycles. The van der Waals surface area contributed by atoms with Crippen molar-refractivity contribution < 1.29 is 0 Å². The van der Waals surface area contributed by atoms with Gasteiger partial charge in [0.15, 0.2) is 0 Å². The summed E-state index contributed by atoms with van der Waals surface area (Å²) in [7, 11) is 0. The van der Waals surface area contributed by atoms with Gasteiger partial charge in [0.2, 0.25) is 0 Å². The highest BCUT2D eigenvalue weighted by molar-refractivity contribution is 6.36. The minimum atomic E-state index is 0.616. The van der Waals surface area contributed by atoms with E-state index in [-0.39, 0.29) is 0 Å². The first-order valence-electron chi connectivity index (χ1n) is 5.26. The van der Waals surface area contributed by atoms with Gasteiger partial charge >= 0.3 is 0 Å². The number of benzene rings is 1. The van der Waals surface area contributed by atoms with Crippen LogP contribution in [0.25, 0.3) is 0 Å². The van der Waals surface area contributed by atoms with E-state index in [0.717, 1.165) is 17.1 Å². The fourth-order valence-electron chi connectivity index (χ4n) is 1.52. The molecule has 0 atom stereocenters. The smallest absolute Gasteiger partial charge is 0.0652 e. The zero-order chi connectivity index (χ0) is 12.3. The Morgan fingerprint density at radius 3 is 2.71 bits per heavy atom. The summed E-state index contributed by atoms with van der Waals surface area (Å²) in [6.45, 7) is 2.61. The molecule has 1 N–H and O–H groups in total. The third-order valence-corrected chi connectivity index (χ3v) is 2.88. The van der Waals surface area contributed by atoms with Gasteiger partial charge < -0.3 is 5.32 Å². The maximum absolute atomic E-state index is 6.06. The lowest BCUT2D eigenvalue weighted by molar-refractivity contribution is 1.02. The van der Waals surface area contributed by atoms with Crippen LogP contribution in [0.3, 0.4) is 0 Å². The van der Waals surface area contributed by atoms with E-state index in [0.29, 0.717) is 16.6 Å². The highest BCUT2D eigenvalue weighted by Crippen LogP contribution is 2.25. The highest BCUT2D eigenvalue weighted by Gasteiger charge is 2.01. The molecule has 1 heterocycles. The van der Waals surface area contributed by atoms with Crippen LogP contribution >= 0.6 is 23.2 Å². The Hall–Kier alpha value is -1.25. The van der Waals surface area contributed by atoms with Gasteiger partial charge in [0, 0.05) is 10.7 Å². The van der Waals surface area contributed by atoms with E-state index >= 15 is 0 Å². The monoisotopic (exact) mass is 266 g/mol. The van der Waals surface area contributed by atoms with Crippen molar-refractivity contribution in [1.29, 1.82) is 0 Å². The first kappa shape index (κ1) is 12.2. The van der Waals surface area contributed by atoms with E-state index in [9.17, 15) is 0 Å². The van der Waals surface area contributed by atoms with Crippen molar-refractivity contribution in [2.45, 2.75) is 13.5 Å². The van der Waals surface area contributed by atoms with E-state index in [1.165, 1.54) is 0 Å². The third kappa shape index (κ3) is 3.35. The van der Waals surface area contributed by atoms with E-state index in [1.807, 2.05) is 31.2 Å². The SMILES string of the molecule is Cc1cccc(CNc2ccc(Cl)cc2Cl)n1. The lowest BCUT2D eigenvalue weighted by Gasteiger charge is -2.08. The van der Waals surface area contributed by atoms with Crippen LogP contribution in [0.1, 0.15) is 11.4 Å². The number of halogens is 2. The predicted molar refractivity (Wildman–Crippen MR) is 72.8 cm³/mol. The summed E-state index contributed by atoms with van der Waals surface area (Å²) in [5.74, 6) is 0. The number of anilines is 1. The van der Waals surface area contributed by atoms with Gasteiger partial charge in [-0.3, -0.25) is 4.98 Å². The van der Waals surface area contributed by atoms with Crippen LogP contribution in [0.2, 0.25) is 10.0 Å². The minimum absolute atomic E-state index is 0.616. The second-order valence-electron chi connectivity index (χ2n) is 3.75. The molecule has 0 saturated carbocycles. The number of rotatable bonds is 3. The average Bonchev–Trinajstić information content (AvgIpc) is 2.28. The van der Waals surface area contributed by atoms with Gasteiger partial charge in [-0.15, -0.1) is 0 Å². The molecule has 0 radical (unpaired) electrons. The Kier molecular flexibility index (Phi) is 3.87. The fraction of sp³-hybridized carbons (Fsp3) is 0.154. The van der Waals surface area contributed by atoms with Crippen LogP contribution in [0, 0.1) is 6.92 Å². The van der Waals surface area contributed by atoms with Gasteiger partial charge in [0.05, 0.1) is 22.9 Å². The molecule has 4 heteroatoms. The van der Waals surface area contributed by atoms with Crippen molar-refractivity contribution in [1.82, 2.24) is 4.98 Å². The topological polar surface area (TPSA) is 24.9 Å².